The first kappa shape index (κ1) is 13.1. The Labute approximate surface area is 107 Å². The lowest BCUT2D eigenvalue weighted by Gasteiger charge is -2.16. The zero-order valence-corrected chi connectivity index (χ0v) is 11.4. The van der Waals surface area contributed by atoms with Gasteiger partial charge in [-0.3, -0.25) is 0 Å². The summed E-state index contributed by atoms with van der Waals surface area (Å²) in [4.78, 5) is 0. The normalized spacial score (nSPS) is 38.5. The van der Waals surface area contributed by atoms with Gasteiger partial charge in [-0.25, -0.2) is 0 Å². The highest BCUT2D eigenvalue weighted by Crippen LogP contribution is 2.39. The van der Waals surface area contributed by atoms with Crippen LogP contribution in [0.4, 0.5) is 0 Å². The summed E-state index contributed by atoms with van der Waals surface area (Å²) in [6.07, 6.45) is 18.3. The van der Waals surface area contributed by atoms with Crippen molar-refractivity contribution in [2.24, 2.45) is 5.92 Å². The highest BCUT2D eigenvalue weighted by molar-refractivity contribution is 4.95. The Morgan fingerprint density at radius 3 is 2.47 bits per heavy atom. The van der Waals surface area contributed by atoms with Crippen LogP contribution in [0.2, 0.25) is 0 Å². The first-order chi connectivity index (χ1) is 8.31. The van der Waals surface area contributed by atoms with Gasteiger partial charge in [0.2, 0.25) is 0 Å². The van der Waals surface area contributed by atoms with Gasteiger partial charge in [0.05, 0.1) is 12.2 Å². The van der Waals surface area contributed by atoms with E-state index in [0.29, 0.717) is 5.60 Å². The first-order valence-electron chi connectivity index (χ1n) is 7.60. The number of epoxide rings is 1. The monoisotopic (exact) mass is 236 g/mol. The van der Waals surface area contributed by atoms with E-state index in [-0.39, 0.29) is 0 Å². The second-order valence-electron chi connectivity index (χ2n) is 6.15. The molecule has 1 fully saturated rings. The van der Waals surface area contributed by atoms with Crippen molar-refractivity contribution < 1.29 is 4.74 Å². The van der Waals surface area contributed by atoms with Gasteiger partial charge in [-0.2, -0.15) is 0 Å². The van der Waals surface area contributed by atoms with Gasteiger partial charge in [0.15, 0.2) is 0 Å². The molecule has 0 N–H and O–H groups in total. The molecule has 98 valence electrons. The predicted molar refractivity (Wildman–Crippen MR) is 73.2 cm³/mol. The maximum Gasteiger partial charge on any atom is 0.0919 e. The molecule has 1 saturated heterocycles. The molecule has 1 aliphatic heterocycles. The van der Waals surface area contributed by atoms with Crippen molar-refractivity contribution in [2.45, 2.75) is 76.7 Å². The number of hydrogen-bond donors (Lipinski definition) is 0. The Morgan fingerprint density at radius 2 is 1.71 bits per heavy atom. The summed E-state index contributed by atoms with van der Waals surface area (Å²) in [6.45, 7) is 3.40. The van der Waals surface area contributed by atoms with Crippen LogP contribution in [0.1, 0.15) is 71.1 Å². The van der Waals surface area contributed by atoms with E-state index in [9.17, 15) is 0 Å². The molecule has 0 aromatic rings. The fourth-order valence-corrected chi connectivity index (χ4v) is 3.05. The summed E-state index contributed by atoms with van der Waals surface area (Å²) in [7, 11) is 0. The summed E-state index contributed by atoms with van der Waals surface area (Å²) in [6, 6.07) is 0. The van der Waals surface area contributed by atoms with Gasteiger partial charge >= 0.3 is 0 Å². The number of rotatable bonds is 0. The van der Waals surface area contributed by atoms with E-state index < -0.39 is 0 Å². The van der Waals surface area contributed by atoms with E-state index >= 15 is 0 Å². The molecule has 0 aromatic heterocycles. The van der Waals surface area contributed by atoms with Crippen LogP contribution in [0, 0.1) is 5.92 Å². The van der Waals surface area contributed by atoms with Crippen LogP contribution in [-0.4, -0.2) is 12.2 Å². The minimum absolute atomic E-state index is 0.303. The molecule has 0 aromatic carbocycles. The average molecular weight is 236 g/mol. The van der Waals surface area contributed by atoms with Crippen molar-refractivity contribution in [3.8, 4) is 0 Å². The molecule has 1 heteroatoms. The molecule has 1 nitrogen and oxygen atoms in total. The van der Waals surface area contributed by atoms with Crippen molar-refractivity contribution in [1.29, 1.82) is 0 Å². The molecule has 2 unspecified atom stereocenters. The minimum Gasteiger partial charge on any atom is -0.370 e. The minimum atomic E-state index is 0.303. The smallest absolute Gasteiger partial charge is 0.0919 e. The van der Waals surface area contributed by atoms with Gasteiger partial charge in [-0.05, 0) is 38.0 Å². The molecular weight excluding hydrogens is 208 g/mol. The zero-order valence-electron chi connectivity index (χ0n) is 11.4. The third-order valence-corrected chi connectivity index (χ3v) is 4.23. The molecule has 0 amide bonds. The second kappa shape index (κ2) is 6.58. The van der Waals surface area contributed by atoms with E-state index in [1.807, 2.05) is 0 Å². The van der Waals surface area contributed by atoms with Crippen LogP contribution in [-0.2, 0) is 4.74 Å². The largest absolute Gasteiger partial charge is 0.370 e. The van der Waals surface area contributed by atoms with E-state index in [1.54, 1.807) is 0 Å². The summed E-state index contributed by atoms with van der Waals surface area (Å²) >= 11 is 0. The Balaban J connectivity index is 1.80. The fraction of sp³-hybridized carbons (Fsp3) is 0.875. The summed E-state index contributed by atoms with van der Waals surface area (Å²) < 4.78 is 5.74. The Morgan fingerprint density at radius 1 is 1.00 bits per heavy atom. The molecule has 1 spiro atoms. The molecule has 17 heavy (non-hydrogen) atoms. The van der Waals surface area contributed by atoms with Crippen LogP contribution in [0.5, 0.6) is 0 Å². The van der Waals surface area contributed by atoms with Gasteiger partial charge < -0.3 is 4.74 Å². The standard InChI is InChI=1S/C16H28O/c1-15-11-9-7-5-3-2-4-6-8-10-12-16(13-15)14-17-16/h7,9,15H,2-6,8,10-14H2,1H3/b9-7-. The summed E-state index contributed by atoms with van der Waals surface area (Å²) in [5.74, 6) is 0.789. The Hall–Kier alpha value is -0.300. The molecule has 1 aliphatic carbocycles. The average Bonchev–Trinajstić information content (AvgIpc) is 3.05. The predicted octanol–water partition coefficient (Wildman–Crippen LogP) is 4.86. The van der Waals surface area contributed by atoms with Crippen molar-refractivity contribution in [3.05, 3.63) is 12.2 Å². The molecule has 0 bridgehead atoms. The molecule has 1 heterocycles. The topological polar surface area (TPSA) is 12.5 Å². The van der Waals surface area contributed by atoms with Gasteiger partial charge in [-0.15, -0.1) is 0 Å². The highest BCUT2D eigenvalue weighted by atomic mass is 16.6. The van der Waals surface area contributed by atoms with Crippen molar-refractivity contribution >= 4 is 0 Å². The van der Waals surface area contributed by atoms with E-state index in [2.05, 4.69) is 19.1 Å². The van der Waals surface area contributed by atoms with Crippen LogP contribution in [0.15, 0.2) is 12.2 Å². The van der Waals surface area contributed by atoms with E-state index in [4.69, 9.17) is 4.74 Å². The lowest BCUT2D eigenvalue weighted by atomic mass is 9.89. The molecule has 2 atom stereocenters. The summed E-state index contributed by atoms with van der Waals surface area (Å²) in [5.41, 5.74) is 0.303. The molecule has 2 aliphatic rings. The van der Waals surface area contributed by atoms with Crippen LogP contribution in [0.3, 0.4) is 0 Å². The van der Waals surface area contributed by atoms with Crippen LogP contribution < -0.4 is 0 Å². The second-order valence-corrected chi connectivity index (χ2v) is 6.15. The highest BCUT2D eigenvalue weighted by Gasteiger charge is 2.44. The maximum absolute atomic E-state index is 5.74. The molecule has 0 saturated carbocycles. The fourth-order valence-electron chi connectivity index (χ4n) is 3.05. The SMILES string of the molecule is CC1C/C=C\CCCCCCCCC2(CO2)C1. The molecule has 0 radical (unpaired) electrons. The number of ether oxygens (including phenoxy) is 1. The number of hydrogen-bond acceptors (Lipinski definition) is 1. The molecular formula is C16H28O. The Kier molecular flexibility index (Phi) is 5.09. The lowest BCUT2D eigenvalue weighted by Crippen LogP contribution is -2.15. The third kappa shape index (κ3) is 4.83. The molecule has 2 rings (SSSR count). The Bertz CT molecular complexity index is 240. The maximum atomic E-state index is 5.74. The van der Waals surface area contributed by atoms with Crippen molar-refractivity contribution in [1.82, 2.24) is 0 Å². The van der Waals surface area contributed by atoms with Crippen molar-refractivity contribution in [2.75, 3.05) is 6.61 Å². The quantitative estimate of drug-likeness (QED) is 0.432. The zero-order chi connectivity index (χ0) is 12.0. The van der Waals surface area contributed by atoms with Crippen LogP contribution in [0.25, 0.3) is 0 Å². The first-order valence-corrected chi connectivity index (χ1v) is 7.60. The van der Waals surface area contributed by atoms with Gasteiger partial charge in [0.1, 0.15) is 0 Å². The summed E-state index contributed by atoms with van der Waals surface area (Å²) in [5, 5.41) is 0. The third-order valence-electron chi connectivity index (χ3n) is 4.23. The van der Waals surface area contributed by atoms with E-state index in [1.165, 1.54) is 64.2 Å². The van der Waals surface area contributed by atoms with E-state index in [0.717, 1.165) is 12.5 Å². The van der Waals surface area contributed by atoms with Gasteiger partial charge in [0.25, 0.3) is 0 Å². The van der Waals surface area contributed by atoms with Crippen LogP contribution >= 0.6 is 0 Å². The van der Waals surface area contributed by atoms with Crippen molar-refractivity contribution in [3.63, 3.8) is 0 Å². The van der Waals surface area contributed by atoms with Gasteiger partial charge in [0, 0.05) is 0 Å². The lowest BCUT2D eigenvalue weighted by molar-refractivity contribution is 0.239. The number of allylic oxidation sites excluding steroid dienone is 2. The van der Waals surface area contributed by atoms with Gasteiger partial charge in [-0.1, -0.05) is 51.2 Å².